The van der Waals surface area contributed by atoms with Gasteiger partial charge >= 0.3 is 12.1 Å². The summed E-state index contributed by atoms with van der Waals surface area (Å²) in [4.78, 5) is 21.2. The van der Waals surface area contributed by atoms with Crippen molar-refractivity contribution in [2.24, 2.45) is 5.41 Å². The Hall–Kier alpha value is -3.67. The van der Waals surface area contributed by atoms with Gasteiger partial charge in [-0.3, -0.25) is 9.52 Å². The topological polar surface area (TPSA) is 112 Å². The number of halogens is 3. The number of carboxylic acids is 1. The summed E-state index contributed by atoms with van der Waals surface area (Å²) in [5.74, 6) is -0.933. The minimum atomic E-state index is -4.69. The lowest BCUT2D eigenvalue weighted by Gasteiger charge is -2.38. The zero-order valence-electron chi connectivity index (χ0n) is 20.1. The van der Waals surface area contributed by atoms with Crippen LogP contribution < -0.4 is 9.62 Å². The summed E-state index contributed by atoms with van der Waals surface area (Å²) in [6, 6.07) is 10.1. The molecule has 0 aliphatic carbocycles. The van der Waals surface area contributed by atoms with E-state index in [1.54, 1.807) is 36.9 Å². The predicted octanol–water partition coefficient (Wildman–Crippen LogP) is 4.96. The second-order valence-electron chi connectivity index (χ2n) is 9.27. The minimum Gasteiger partial charge on any atom is -0.481 e. The molecule has 12 heteroatoms. The summed E-state index contributed by atoms with van der Waals surface area (Å²) in [6.45, 7) is 3.96. The van der Waals surface area contributed by atoms with E-state index in [2.05, 4.69) is 14.7 Å². The maximum absolute atomic E-state index is 13.7. The first-order valence-corrected chi connectivity index (χ1v) is 12.9. The van der Waals surface area contributed by atoms with Gasteiger partial charge in [0, 0.05) is 31.5 Å². The van der Waals surface area contributed by atoms with Gasteiger partial charge in [-0.2, -0.15) is 13.2 Å². The average Bonchev–Trinajstić information content (AvgIpc) is 2.83. The van der Waals surface area contributed by atoms with E-state index in [-0.39, 0.29) is 28.6 Å². The van der Waals surface area contributed by atoms with Crippen LogP contribution in [-0.2, 0) is 21.0 Å². The van der Waals surface area contributed by atoms with Crippen LogP contribution in [0.4, 0.5) is 24.8 Å². The third kappa shape index (κ3) is 5.53. The number of sulfonamides is 1. The summed E-state index contributed by atoms with van der Waals surface area (Å²) < 4.78 is 69.7. The monoisotopic (exact) mass is 534 g/mol. The Bertz CT molecular complexity index is 1450. The largest absolute Gasteiger partial charge is 0.481 e. The van der Waals surface area contributed by atoms with Crippen LogP contribution in [0.15, 0.2) is 59.8 Å². The molecule has 8 nitrogen and oxygen atoms in total. The van der Waals surface area contributed by atoms with Crippen molar-refractivity contribution in [3.05, 3.63) is 66.0 Å². The van der Waals surface area contributed by atoms with Crippen molar-refractivity contribution < 1.29 is 31.5 Å². The molecule has 1 aliphatic heterocycles. The third-order valence-corrected chi connectivity index (χ3v) is 7.80. The number of alkyl halides is 3. The molecule has 1 aliphatic rings. The van der Waals surface area contributed by atoms with Crippen molar-refractivity contribution in [3.8, 4) is 11.1 Å². The molecular formula is C25H25F3N4O4S. The number of hydrogen-bond acceptors (Lipinski definition) is 6. The van der Waals surface area contributed by atoms with Crippen LogP contribution in [0.3, 0.4) is 0 Å². The lowest BCUT2D eigenvalue weighted by Crippen LogP contribution is -2.46. The fourth-order valence-electron chi connectivity index (χ4n) is 4.38. The smallest absolute Gasteiger partial charge is 0.418 e. The summed E-state index contributed by atoms with van der Waals surface area (Å²) in [5, 5.41) is 9.57. The SMILES string of the molecule is Cc1ccccc1-c1cc(NS(=O)(=O)c2ccnc(N3CCCC(C)(C(=O)O)C3)c2)ncc1C(F)(F)F. The molecular weight excluding hydrogens is 509 g/mol. The van der Waals surface area contributed by atoms with E-state index in [1.807, 2.05) is 0 Å². The molecule has 2 aromatic heterocycles. The van der Waals surface area contributed by atoms with E-state index >= 15 is 0 Å². The fraction of sp³-hybridized carbons (Fsp3) is 0.320. The highest BCUT2D eigenvalue weighted by molar-refractivity contribution is 7.92. The molecule has 3 heterocycles. The zero-order valence-corrected chi connectivity index (χ0v) is 20.9. The number of piperidine rings is 1. The van der Waals surface area contributed by atoms with E-state index in [9.17, 15) is 31.5 Å². The number of benzene rings is 1. The number of pyridine rings is 2. The summed E-state index contributed by atoms with van der Waals surface area (Å²) >= 11 is 0. The Labute approximate surface area is 212 Å². The molecule has 37 heavy (non-hydrogen) atoms. The molecule has 0 amide bonds. The molecule has 0 spiro atoms. The number of hydrogen-bond donors (Lipinski definition) is 2. The van der Waals surface area contributed by atoms with Gasteiger partial charge in [0.25, 0.3) is 10.0 Å². The zero-order chi connectivity index (χ0) is 27.0. The molecule has 1 fully saturated rings. The van der Waals surface area contributed by atoms with Crippen LogP contribution in [0.5, 0.6) is 0 Å². The quantitative estimate of drug-likeness (QED) is 0.460. The Morgan fingerprint density at radius 3 is 2.54 bits per heavy atom. The number of aryl methyl sites for hydroxylation is 1. The molecule has 0 bridgehead atoms. The highest BCUT2D eigenvalue weighted by Crippen LogP contribution is 2.39. The summed E-state index contributed by atoms with van der Waals surface area (Å²) in [6.07, 6.45) is -1.72. The number of aromatic nitrogens is 2. The number of rotatable bonds is 6. The maximum atomic E-state index is 13.7. The molecule has 0 radical (unpaired) electrons. The number of carboxylic acid groups (broad SMARTS) is 1. The van der Waals surface area contributed by atoms with Gasteiger partial charge in [-0.05, 0) is 55.5 Å². The number of nitrogens with zero attached hydrogens (tertiary/aromatic N) is 3. The molecule has 0 saturated carbocycles. The highest BCUT2D eigenvalue weighted by Gasteiger charge is 2.38. The average molecular weight is 535 g/mol. The molecule has 1 unspecified atom stereocenters. The van der Waals surface area contributed by atoms with Crippen LogP contribution in [0.1, 0.15) is 30.9 Å². The first kappa shape index (κ1) is 26.4. The molecule has 1 aromatic carbocycles. The Morgan fingerprint density at radius 2 is 1.86 bits per heavy atom. The van der Waals surface area contributed by atoms with Gasteiger partial charge in [-0.1, -0.05) is 24.3 Å². The normalized spacial score (nSPS) is 18.5. The Balaban J connectivity index is 1.67. The third-order valence-electron chi connectivity index (χ3n) is 6.45. The van der Waals surface area contributed by atoms with Crippen molar-refractivity contribution in [2.45, 2.75) is 37.8 Å². The number of aliphatic carboxylic acids is 1. The second kappa shape index (κ2) is 9.66. The Morgan fingerprint density at radius 1 is 1.14 bits per heavy atom. The van der Waals surface area contributed by atoms with E-state index < -0.39 is 33.1 Å². The van der Waals surface area contributed by atoms with Crippen LogP contribution in [0.25, 0.3) is 11.1 Å². The minimum absolute atomic E-state index is 0.159. The number of anilines is 2. The Kier molecular flexibility index (Phi) is 6.89. The van der Waals surface area contributed by atoms with Gasteiger partial charge in [0.2, 0.25) is 0 Å². The molecule has 4 rings (SSSR count). The van der Waals surface area contributed by atoms with E-state index in [0.717, 1.165) is 6.07 Å². The van der Waals surface area contributed by atoms with Gasteiger partial charge in [0.15, 0.2) is 0 Å². The van der Waals surface area contributed by atoms with Gasteiger partial charge in [-0.15, -0.1) is 0 Å². The molecule has 3 aromatic rings. The first-order valence-electron chi connectivity index (χ1n) is 11.4. The fourth-order valence-corrected chi connectivity index (χ4v) is 5.39. The van der Waals surface area contributed by atoms with Crippen LogP contribution in [0.2, 0.25) is 0 Å². The van der Waals surface area contributed by atoms with Gasteiger partial charge in [-0.25, -0.2) is 18.4 Å². The van der Waals surface area contributed by atoms with Crippen LogP contribution in [0, 0.1) is 12.3 Å². The number of nitrogens with one attached hydrogen (secondary N) is 1. The predicted molar refractivity (Wildman–Crippen MR) is 132 cm³/mol. The molecule has 2 N–H and O–H groups in total. The van der Waals surface area contributed by atoms with Crippen molar-refractivity contribution in [1.82, 2.24) is 9.97 Å². The van der Waals surface area contributed by atoms with Gasteiger partial charge in [0.05, 0.1) is 15.9 Å². The van der Waals surface area contributed by atoms with Crippen molar-refractivity contribution in [2.75, 3.05) is 22.7 Å². The van der Waals surface area contributed by atoms with Crippen molar-refractivity contribution in [1.29, 1.82) is 0 Å². The highest BCUT2D eigenvalue weighted by atomic mass is 32.2. The standard InChI is InChI=1S/C25H25F3N4O4S/c1-16-6-3-4-7-18(16)19-13-21(30-14-20(19)25(26,27)28)31-37(35,36)17-8-10-29-22(12-17)32-11-5-9-24(2,15-32)23(33)34/h3-4,6-8,10,12-14H,5,9,11,15H2,1-2H3,(H,30,31)(H,33,34). The molecule has 1 saturated heterocycles. The van der Waals surface area contributed by atoms with Crippen LogP contribution >= 0.6 is 0 Å². The van der Waals surface area contributed by atoms with Gasteiger partial charge < -0.3 is 10.0 Å². The maximum Gasteiger partial charge on any atom is 0.418 e. The number of carbonyl (C=O) groups is 1. The summed E-state index contributed by atoms with van der Waals surface area (Å²) in [5.41, 5.74) is -1.29. The molecule has 1 atom stereocenters. The van der Waals surface area contributed by atoms with Crippen LogP contribution in [-0.4, -0.2) is 42.6 Å². The van der Waals surface area contributed by atoms with E-state index in [0.29, 0.717) is 36.7 Å². The van der Waals surface area contributed by atoms with E-state index in [1.165, 1.54) is 24.4 Å². The summed E-state index contributed by atoms with van der Waals surface area (Å²) in [7, 11) is -4.25. The van der Waals surface area contributed by atoms with Crippen molar-refractivity contribution in [3.63, 3.8) is 0 Å². The molecule has 196 valence electrons. The lowest BCUT2D eigenvalue weighted by atomic mass is 9.82. The van der Waals surface area contributed by atoms with Gasteiger partial charge in [0.1, 0.15) is 11.6 Å². The van der Waals surface area contributed by atoms with E-state index in [4.69, 9.17) is 0 Å². The first-order chi connectivity index (χ1) is 17.3. The lowest BCUT2D eigenvalue weighted by molar-refractivity contribution is -0.148. The van der Waals surface area contributed by atoms with Crippen molar-refractivity contribution >= 4 is 27.6 Å². The second-order valence-corrected chi connectivity index (χ2v) is 11.0.